The molecule has 0 saturated carbocycles. The summed E-state index contributed by atoms with van der Waals surface area (Å²) in [5.74, 6) is -1.54. The number of benzene rings is 1. The number of nitrogens with one attached hydrogen (secondary N) is 2. The number of anilines is 1. The molecule has 0 heterocycles. The van der Waals surface area contributed by atoms with Crippen LogP contribution in [0.25, 0.3) is 0 Å². The normalized spacial score (nSPS) is 9.76. The Hall–Kier alpha value is -1.91. The van der Waals surface area contributed by atoms with Gasteiger partial charge in [0.1, 0.15) is 17.3 Å². The first-order valence-electron chi connectivity index (χ1n) is 5.20. The minimum absolute atomic E-state index is 0.140. The zero-order valence-corrected chi connectivity index (χ0v) is 9.30. The van der Waals surface area contributed by atoms with Crippen LogP contribution < -0.4 is 10.6 Å². The van der Waals surface area contributed by atoms with Crippen LogP contribution in [0.4, 0.5) is 14.5 Å². The lowest BCUT2D eigenvalue weighted by molar-refractivity contribution is -0.120. The smallest absolute Gasteiger partial charge is 0.222 e. The molecule has 1 rings (SSSR count). The highest BCUT2D eigenvalue weighted by molar-refractivity contribution is 5.76. The molecule has 0 aliphatic rings. The summed E-state index contributed by atoms with van der Waals surface area (Å²) in [7, 11) is 0. The average molecular weight is 240 g/mol. The molecule has 2 N–H and O–H groups in total. The van der Waals surface area contributed by atoms with Gasteiger partial charge in [-0.05, 0) is 12.1 Å². The molecule has 0 unspecified atom stereocenters. The molecule has 0 aliphatic heterocycles. The molecular weight excluding hydrogens is 226 g/mol. The van der Waals surface area contributed by atoms with E-state index in [9.17, 15) is 13.6 Å². The van der Waals surface area contributed by atoms with Crippen LogP contribution in [0.2, 0.25) is 0 Å². The van der Waals surface area contributed by atoms with Crippen LogP contribution in [-0.4, -0.2) is 19.0 Å². The molecule has 1 amide bonds. The van der Waals surface area contributed by atoms with E-state index in [4.69, 9.17) is 0 Å². The summed E-state index contributed by atoms with van der Waals surface area (Å²) in [6, 6.07) is 3.60. The number of halogens is 2. The standard InChI is InChI=1S/C12H14F2N2O/c1-2-7-15-11(17)6-8-16-12-9(13)4-3-5-10(12)14/h2-5,16H,1,6-8H2,(H,15,17). The van der Waals surface area contributed by atoms with Gasteiger partial charge in [0.05, 0.1) is 0 Å². The molecule has 0 aliphatic carbocycles. The summed E-state index contributed by atoms with van der Waals surface area (Å²) in [6.45, 7) is 4.00. The molecule has 0 spiro atoms. The van der Waals surface area contributed by atoms with E-state index >= 15 is 0 Å². The van der Waals surface area contributed by atoms with Crippen molar-refractivity contribution in [3.8, 4) is 0 Å². The molecule has 92 valence electrons. The van der Waals surface area contributed by atoms with Gasteiger partial charge in [0.25, 0.3) is 0 Å². The van der Waals surface area contributed by atoms with Gasteiger partial charge in [0, 0.05) is 19.5 Å². The highest BCUT2D eigenvalue weighted by Crippen LogP contribution is 2.17. The lowest BCUT2D eigenvalue weighted by Gasteiger charge is -2.08. The largest absolute Gasteiger partial charge is 0.380 e. The second-order valence-electron chi connectivity index (χ2n) is 3.37. The van der Waals surface area contributed by atoms with Crippen LogP contribution in [0.1, 0.15) is 6.42 Å². The number of para-hydroxylation sites is 1. The van der Waals surface area contributed by atoms with E-state index < -0.39 is 11.6 Å². The monoisotopic (exact) mass is 240 g/mol. The molecule has 3 nitrogen and oxygen atoms in total. The van der Waals surface area contributed by atoms with Crippen molar-refractivity contribution >= 4 is 11.6 Å². The summed E-state index contributed by atoms with van der Waals surface area (Å²) in [6.07, 6.45) is 1.70. The molecule has 0 aromatic heterocycles. The lowest BCUT2D eigenvalue weighted by Crippen LogP contribution is -2.25. The first kappa shape index (κ1) is 13.2. The minimum atomic E-state index is -0.670. The van der Waals surface area contributed by atoms with Crippen molar-refractivity contribution in [1.29, 1.82) is 0 Å². The van der Waals surface area contributed by atoms with Gasteiger partial charge in [-0.15, -0.1) is 6.58 Å². The van der Waals surface area contributed by atoms with Gasteiger partial charge in [0.2, 0.25) is 5.91 Å². The maximum atomic E-state index is 13.2. The number of hydrogen-bond donors (Lipinski definition) is 2. The summed E-state index contributed by atoms with van der Waals surface area (Å²) in [5, 5.41) is 5.12. The number of hydrogen-bond acceptors (Lipinski definition) is 2. The van der Waals surface area contributed by atoms with Crippen LogP contribution in [0.3, 0.4) is 0 Å². The third-order valence-electron chi connectivity index (χ3n) is 2.06. The zero-order valence-electron chi connectivity index (χ0n) is 9.30. The average Bonchev–Trinajstić information content (AvgIpc) is 2.30. The maximum absolute atomic E-state index is 13.2. The van der Waals surface area contributed by atoms with E-state index in [1.54, 1.807) is 6.08 Å². The molecule has 5 heteroatoms. The van der Waals surface area contributed by atoms with Crippen molar-refractivity contribution in [3.63, 3.8) is 0 Å². The summed E-state index contributed by atoms with van der Waals surface area (Å²) < 4.78 is 26.3. The summed E-state index contributed by atoms with van der Waals surface area (Å²) in [5.41, 5.74) is -0.205. The SMILES string of the molecule is C=CCNC(=O)CCNc1c(F)cccc1F. The van der Waals surface area contributed by atoms with E-state index in [0.29, 0.717) is 6.54 Å². The van der Waals surface area contributed by atoms with Gasteiger partial charge in [-0.1, -0.05) is 12.1 Å². The molecule has 1 aromatic rings. The Bertz CT molecular complexity index is 387. The molecule has 1 aromatic carbocycles. The summed E-state index contributed by atoms with van der Waals surface area (Å²) >= 11 is 0. The van der Waals surface area contributed by atoms with E-state index in [1.165, 1.54) is 6.07 Å². The van der Waals surface area contributed by atoms with Gasteiger partial charge in [-0.3, -0.25) is 4.79 Å². The number of amides is 1. The lowest BCUT2D eigenvalue weighted by atomic mass is 10.3. The predicted molar refractivity (Wildman–Crippen MR) is 62.7 cm³/mol. The number of rotatable bonds is 6. The van der Waals surface area contributed by atoms with Crippen LogP contribution in [-0.2, 0) is 4.79 Å². The number of carbonyl (C=O) groups excluding carboxylic acids is 1. The van der Waals surface area contributed by atoms with Gasteiger partial charge < -0.3 is 10.6 Å². The maximum Gasteiger partial charge on any atom is 0.222 e. The van der Waals surface area contributed by atoms with E-state index in [-0.39, 0.29) is 24.6 Å². The van der Waals surface area contributed by atoms with E-state index in [2.05, 4.69) is 17.2 Å². The Balaban J connectivity index is 2.40. The highest BCUT2D eigenvalue weighted by atomic mass is 19.1. The van der Waals surface area contributed by atoms with Crippen molar-refractivity contribution in [1.82, 2.24) is 5.32 Å². The zero-order chi connectivity index (χ0) is 12.7. The molecule has 17 heavy (non-hydrogen) atoms. The molecular formula is C12H14F2N2O. The van der Waals surface area contributed by atoms with Crippen LogP contribution >= 0.6 is 0 Å². The predicted octanol–water partition coefficient (Wildman–Crippen LogP) is 2.07. The molecule has 0 fully saturated rings. The van der Waals surface area contributed by atoms with E-state index in [0.717, 1.165) is 12.1 Å². The van der Waals surface area contributed by atoms with Crippen LogP contribution in [0.5, 0.6) is 0 Å². The first-order valence-corrected chi connectivity index (χ1v) is 5.20. The third-order valence-corrected chi connectivity index (χ3v) is 2.06. The van der Waals surface area contributed by atoms with Crippen molar-refractivity contribution in [3.05, 3.63) is 42.5 Å². The second-order valence-corrected chi connectivity index (χ2v) is 3.37. The van der Waals surface area contributed by atoms with Gasteiger partial charge >= 0.3 is 0 Å². The quantitative estimate of drug-likeness (QED) is 0.747. The van der Waals surface area contributed by atoms with Crippen LogP contribution in [0.15, 0.2) is 30.9 Å². The fourth-order valence-corrected chi connectivity index (χ4v) is 1.24. The van der Waals surface area contributed by atoms with E-state index in [1.807, 2.05) is 0 Å². The van der Waals surface area contributed by atoms with Crippen molar-refractivity contribution in [2.24, 2.45) is 0 Å². The summed E-state index contributed by atoms with van der Waals surface area (Å²) in [4.78, 5) is 11.2. The Morgan fingerprint density at radius 1 is 1.35 bits per heavy atom. The molecule has 0 bridgehead atoms. The van der Waals surface area contributed by atoms with Gasteiger partial charge in [-0.25, -0.2) is 8.78 Å². The first-order chi connectivity index (χ1) is 8.15. The number of carbonyl (C=O) groups is 1. The molecule has 0 saturated heterocycles. The Morgan fingerprint density at radius 3 is 2.59 bits per heavy atom. The Labute approximate surface area is 98.5 Å². The second kappa shape index (κ2) is 6.62. The minimum Gasteiger partial charge on any atom is -0.380 e. The fourth-order valence-electron chi connectivity index (χ4n) is 1.24. The molecule has 0 atom stereocenters. The third kappa shape index (κ3) is 4.22. The van der Waals surface area contributed by atoms with Crippen molar-refractivity contribution < 1.29 is 13.6 Å². The fraction of sp³-hybridized carbons (Fsp3) is 0.250. The van der Waals surface area contributed by atoms with Crippen molar-refractivity contribution in [2.45, 2.75) is 6.42 Å². The topological polar surface area (TPSA) is 41.1 Å². The molecule has 0 radical (unpaired) electrons. The Kier molecular flexibility index (Phi) is 5.13. The van der Waals surface area contributed by atoms with Gasteiger partial charge in [0.15, 0.2) is 0 Å². The van der Waals surface area contributed by atoms with Crippen LogP contribution in [0, 0.1) is 11.6 Å². The van der Waals surface area contributed by atoms with Crippen molar-refractivity contribution in [2.75, 3.05) is 18.4 Å². The Morgan fingerprint density at radius 2 is 2.00 bits per heavy atom. The highest BCUT2D eigenvalue weighted by Gasteiger charge is 2.07. The van der Waals surface area contributed by atoms with Gasteiger partial charge in [-0.2, -0.15) is 0 Å².